The Hall–Kier alpha value is -2.76. The van der Waals surface area contributed by atoms with Crippen LogP contribution in [0.3, 0.4) is 0 Å². The van der Waals surface area contributed by atoms with Gasteiger partial charge in [-0.1, -0.05) is 59.6 Å². The molecule has 0 saturated carbocycles. The predicted octanol–water partition coefficient (Wildman–Crippen LogP) is 9.24. The smallest absolute Gasteiger partial charge is 0.416 e. The van der Waals surface area contributed by atoms with E-state index in [0.717, 1.165) is 11.1 Å². The fourth-order valence-electron chi connectivity index (χ4n) is 5.55. The molecule has 0 spiro atoms. The van der Waals surface area contributed by atoms with Gasteiger partial charge in [0.1, 0.15) is 0 Å². The minimum Gasteiger partial charge on any atom is -0.504 e. The molecule has 1 heterocycles. The van der Waals surface area contributed by atoms with E-state index in [4.69, 9.17) is 32.7 Å². The number of ether oxygens (including phenoxy) is 2. The maximum atomic E-state index is 13.3. The summed E-state index contributed by atoms with van der Waals surface area (Å²) in [6.45, 7) is 1.29. The first kappa shape index (κ1) is 35.1. The zero-order valence-corrected chi connectivity index (χ0v) is 25.9. The van der Waals surface area contributed by atoms with E-state index in [1.807, 2.05) is 30.3 Å². The quantitative estimate of drug-likeness (QED) is 0.163. The molecule has 0 radical (unpaired) electrons. The van der Waals surface area contributed by atoms with Gasteiger partial charge in [-0.3, -0.25) is 0 Å². The first-order valence-corrected chi connectivity index (χ1v) is 15.0. The Morgan fingerprint density at radius 1 is 0.911 bits per heavy atom. The van der Waals surface area contributed by atoms with Gasteiger partial charge in [-0.05, 0) is 78.4 Å². The van der Waals surface area contributed by atoms with E-state index in [2.05, 4.69) is 4.90 Å². The van der Waals surface area contributed by atoms with E-state index >= 15 is 0 Å². The highest BCUT2D eigenvalue weighted by atomic mass is 35.5. The van der Waals surface area contributed by atoms with Gasteiger partial charge in [0.05, 0.1) is 53.4 Å². The molecule has 244 valence electrons. The largest absolute Gasteiger partial charge is 0.504 e. The number of piperidine rings is 1. The second kappa shape index (κ2) is 14.8. The van der Waals surface area contributed by atoms with Crippen LogP contribution in [0.1, 0.15) is 53.0 Å². The van der Waals surface area contributed by atoms with Gasteiger partial charge in [-0.25, -0.2) is 0 Å². The number of aliphatic hydroxyl groups is 1. The van der Waals surface area contributed by atoms with Crippen LogP contribution in [0.4, 0.5) is 26.3 Å². The summed E-state index contributed by atoms with van der Waals surface area (Å²) in [5, 5.41) is 11.9. The number of rotatable bonds is 11. The van der Waals surface area contributed by atoms with Gasteiger partial charge in [0.25, 0.3) is 0 Å². The van der Waals surface area contributed by atoms with Crippen molar-refractivity contribution in [3.8, 4) is 0 Å². The predicted molar refractivity (Wildman–Crippen MR) is 161 cm³/mol. The normalized spacial score (nSPS) is 16.9. The summed E-state index contributed by atoms with van der Waals surface area (Å²) >= 11 is 12.5. The molecule has 1 fully saturated rings. The number of alkyl halides is 6. The topological polar surface area (TPSA) is 41.9 Å². The number of likely N-dealkylation sites (tertiary alicyclic amines) is 1. The van der Waals surface area contributed by atoms with E-state index in [0.29, 0.717) is 66.6 Å². The molecule has 1 unspecified atom stereocenters. The molecule has 0 aliphatic carbocycles. The highest BCUT2D eigenvalue weighted by Gasteiger charge is 2.37. The Kier molecular flexibility index (Phi) is 11.5. The van der Waals surface area contributed by atoms with E-state index < -0.39 is 35.7 Å². The van der Waals surface area contributed by atoms with E-state index in [-0.39, 0.29) is 24.2 Å². The van der Waals surface area contributed by atoms with Crippen LogP contribution in [0.25, 0.3) is 0 Å². The lowest BCUT2D eigenvalue weighted by Crippen LogP contribution is -2.43. The van der Waals surface area contributed by atoms with Gasteiger partial charge in [-0.2, -0.15) is 26.3 Å². The van der Waals surface area contributed by atoms with Crippen LogP contribution in [-0.2, 0) is 34.0 Å². The van der Waals surface area contributed by atoms with Gasteiger partial charge >= 0.3 is 12.4 Å². The molecule has 3 aromatic carbocycles. The number of hydrogen-bond acceptors (Lipinski definition) is 4. The van der Waals surface area contributed by atoms with Crippen LogP contribution in [0, 0.1) is 0 Å². The maximum absolute atomic E-state index is 13.3. The van der Waals surface area contributed by atoms with Crippen LogP contribution < -0.4 is 0 Å². The maximum Gasteiger partial charge on any atom is 0.416 e. The van der Waals surface area contributed by atoms with Crippen molar-refractivity contribution in [3.05, 3.63) is 116 Å². The average Bonchev–Trinajstić information content (AvgIpc) is 2.99. The van der Waals surface area contributed by atoms with Crippen LogP contribution in [0.2, 0.25) is 10.0 Å². The summed E-state index contributed by atoms with van der Waals surface area (Å²) in [6, 6.07) is 16.1. The Morgan fingerprint density at radius 2 is 1.53 bits per heavy atom. The Bertz CT molecular complexity index is 1420. The van der Waals surface area contributed by atoms with Crippen molar-refractivity contribution in [2.75, 3.05) is 33.4 Å². The highest BCUT2D eigenvalue weighted by molar-refractivity contribution is 6.42. The van der Waals surface area contributed by atoms with E-state index in [1.54, 1.807) is 18.2 Å². The number of hydrogen-bond donors (Lipinski definition) is 1. The summed E-state index contributed by atoms with van der Waals surface area (Å²) in [7, 11) is 1.43. The van der Waals surface area contributed by atoms with Crippen molar-refractivity contribution in [1.29, 1.82) is 0 Å². The molecule has 12 heteroatoms. The minimum atomic E-state index is -4.96. The first-order chi connectivity index (χ1) is 21.2. The number of methoxy groups -OCH3 is 1. The van der Waals surface area contributed by atoms with Crippen LogP contribution in [0.15, 0.2) is 78.6 Å². The lowest BCUT2D eigenvalue weighted by molar-refractivity contribution is -0.143. The Balaban J connectivity index is 1.50. The molecule has 1 aliphatic heterocycles. The molecule has 0 bridgehead atoms. The molecule has 1 N–H and O–H groups in total. The van der Waals surface area contributed by atoms with Crippen molar-refractivity contribution in [2.45, 2.75) is 49.7 Å². The molecular formula is C33H33Cl2F6NO3. The van der Waals surface area contributed by atoms with Crippen molar-refractivity contribution < 1.29 is 40.9 Å². The second-order valence-electron chi connectivity index (χ2n) is 11.1. The SMILES string of the molecule is CO/C=C(\COCc1cc(C(F)(F)F)cc(C(F)(F)F)c1)C(CCN1CCC(O)(c2ccccc2)CC1)c1ccc(Cl)c(Cl)c1. The lowest BCUT2D eigenvalue weighted by atomic mass is 9.84. The molecule has 1 saturated heterocycles. The summed E-state index contributed by atoms with van der Waals surface area (Å²) in [4.78, 5) is 2.23. The Morgan fingerprint density at radius 3 is 2.09 bits per heavy atom. The van der Waals surface area contributed by atoms with Gasteiger partial charge in [0, 0.05) is 19.0 Å². The summed E-state index contributed by atoms with van der Waals surface area (Å²) < 4.78 is 91.0. The highest BCUT2D eigenvalue weighted by Crippen LogP contribution is 2.38. The van der Waals surface area contributed by atoms with E-state index in [1.165, 1.54) is 13.4 Å². The molecule has 1 aliphatic rings. The van der Waals surface area contributed by atoms with Crippen molar-refractivity contribution in [2.24, 2.45) is 0 Å². The summed E-state index contributed by atoms with van der Waals surface area (Å²) in [5.41, 5.74) is -1.71. The van der Waals surface area contributed by atoms with Gasteiger partial charge in [0.15, 0.2) is 0 Å². The van der Waals surface area contributed by atoms with Gasteiger partial charge in [0.2, 0.25) is 0 Å². The molecule has 0 aromatic heterocycles. The van der Waals surface area contributed by atoms with Crippen molar-refractivity contribution >= 4 is 23.2 Å². The molecule has 0 amide bonds. The third-order valence-electron chi connectivity index (χ3n) is 7.98. The fourth-order valence-corrected chi connectivity index (χ4v) is 5.85. The standard InChI is InChI=1S/C33H33Cl2F6NO3/c1-44-20-24(21-45-19-22-15-26(32(36,37)38)18-27(16-22)33(39,40)41)28(23-7-8-29(34)30(35)17-23)9-12-42-13-10-31(43,11-14-42)25-5-3-2-4-6-25/h2-8,15-18,20,28,43H,9-14,19,21H2,1H3/b24-20+. The van der Waals surface area contributed by atoms with Crippen LogP contribution in [0.5, 0.6) is 0 Å². The number of nitrogens with zero attached hydrogens (tertiary/aromatic N) is 1. The van der Waals surface area contributed by atoms with Gasteiger partial charge in [-0.15, -0.1) is 0 Å². The van der Waals surface area contributed by atoms with Crippen LogP contribution in [-0.4, -0.2) is 43.4 Å². The summed E-state index contributed by atoms with van der Waals surface area (Å²) in [6.07, 6.45) is -6.79. The molecule has 4 rings (SSSR count). The molecule has 45 heavy (non-hydrogen) atoms. The zero-order chi connectivity index (χ0) is 32.8. The number of benzene rings is 3. The van der Waals surface area contributed by atoms with Crippen molar-refractivity contribution in [3.63, 3.8) is 0 Å². The molecule has 1 atom stereocenters. The molecule has 3 aromatic rings. The average molecular weight is 677 g/mol. The first-order valence-electron chi connectivity index (χ1n) is 14.2. The minimum absolute atomic E-state index is 0.0847. The van der Waals surface area contributed by atoms with Gasteiger partial charge < -0.3 is 19.5 Å². The third kappa shape index (κ3) is 9.39. The second-order valence-corrected chi connectivity index (χ2v) is 11.9. The third-order valence-corrected chi connectivity index (χ3v) is 8.72. The van der Waals surface area contributed by atoms with Crippen molar-refractivity contribution in [1.82, 2.24) is 4.90 Å². The monoisotopic (exact) mass is 675 g/mol. The molecule has 4 nitrogen and oxygen atoms in total. The van der Waals surface area contributed by atoms with Crippen LogP contribution >= 0.6 is 23.2 Å². The summed E-state index contributed by atoms with van der Waals surface area (Å²) in [5.74, 6) is -0.332. The zero-order valence-electron chi connectivity index (χ0n) is 24.4. The fraction of sp³-hybridized carbons (Fsp3) is 0.394. The Labute approximate surface area is 268 Å². The van der Waals surface area contributed by atoms with E-state index in [9.17, 15) is 31.4 Å². The lowest BCUT2D eigenvalue weighted by Gasteiger charge is -2.39. The molecular weight excluding hydrogens is 643 g/mol. The number of halogens is 8.